The van der Waals surface area contributed by atoms with E-state index >= 15 is 0 Å². The van der Waals surface area contributed by atoms with Gasteiger partial charge in [0.2, 0.25) is 0 Å². The summed E-state index contributed by atoms with van der Waals surface area (Å²) in [6.07, 6.45) is 5.92. The molecule has 1 saturated heterocycles. The van der Waals surface area contributed by atoms with Gasteiger partial charge in [-0.25, -0.2) is 8.42 Å². The summed E-state index contributed by atoms with van der Waals surface area (Å²) in [5, 5.41) is 1.08. The van der Waals surface area contributed by atoms with Crippen molar-refractivity contribution in [3.05, 3.63) is 0 Å². The van der Waals surface area contributed by atoms with E-state index in [0.717, 1.165) is 37.3 Å². The van der Waals surface area contributed by atoms with Gasteiger partial charge in [-0.15, -0.1) is 0 Å². The molecule has 16 heavy (non-hydrogen) atoms. The summed E-state index contributed by atoms with van der Waals surface area (Å²) in [6.45, 7) is 3.23. The summed E-state index contributed by atoms with van der Waals surface area (Å²) in [5.41, 5.74) is 0. The second-order valence-electron chi connectivity index (χ2n) is 4.77. The van der Waals surface area contributed by atoms with Crippen molar-refractivity contribution in [2.24, 2.45) is 5.92 Å². The lowest BCUT2D eigenvalue weighted by Crippen LogP contribution is -2.36. The fraction of sp³-hybridized carbons (Fsp3) is 1.00. The monoisotopic (exact) mass is 311 g/mol. The van der Waals surface area contributed by atoms with Crippen LogP contribution in [0.15, 0.2) is 0 Å². The SMILES string of the molecule is CS(=O)(=O)CCCN1CCCC(CCBr)C1. The molecule has 1 heterocycles. The van der Waals surface area contributed by atoms with Crippen molar-refractivity contribution < 1.29 is 8.42 Å². The van der Waals surface area contributed by atoms with Gasteiger partial charge in [-0.1, -0.05) is 15.9 Å². The van der Waals surface area contributed by atoms with Crippen molar-refractivity contribution in [2.45, 2.75) is 25.7 Å². The lowest BCUT2D eigenvalue weighted by Gasteiger charge is -2.32. The molecule has 1 aliphatic rings. The minimum absolute atomic E-state index is 0.326. The van der Waals surface area contributed by atoms with Crippen LogP contribution in [0.4, 0.5) is 0 Å². The molecule has 0 N–H and O–H groups in total. The first kappa shape index (κ1) is 14.5. The molecular weight excluding hydrogens is 290 g/mol. The first-order chi connectivity index (χ1) is 7.51. The van der Waals surface area contributed by atoms with E-state index in [4.69, 9.17) is 0 Å². The van der Waals surface area contributed by atoms with Crippen LogP contribution in [0.2, 0.25) is 0 Å². The number of sulfone groups is 1. The van der Waals surface area contributed by atoms with Crippen molar-refractivity contribution in [1.29, 1.82) is 0 Å². The Morgan fingerprint density at radius 3 is 2.81 bits per heavy atom. The Morgan fingerprint density at radius 1 is 1.44 bits per heavy atom. The van der Waals surface area contributed by atoms with Crippen LogP contribution >= 0.6 is 15.9 Å². The zero-order valence-electron chi connectivity index (χ0n) is 9.99. The third kappa shape index (κ3) is 6.21. The Morgan fingerprint density at radius 2 is 2.19 bits per heavy atom. The second kappa shape index (κ2) is 6.97. The molecule has 1 atom stereocenters. The summed E-state index contributed by atoms with van der Waals surface area (Å²) in [6, 6.07) is 0. The van der Waals surface area contributed by atoms with Crippen molar-refractivity contribution in [1.82, 2.24) is 4.90 Å². The summed E-state index contributed by atoms with van der Waals surface area (Å²) < 4.78 is 22.0. The molecule has 0 amide bonds. The Hall–Kier alpha value is 0.390. The Balaban J connectivity index is 2.21. The molecule has 3 nitrogen and oxygen atoms in total. The van der Waals surface area contributed by atoms with Gasteiger partial charge in [-0.05, 0) is 44.7 Å². The van der Waals surface area contributed by atoms with Crippen LogP contribution < -0.4 is 0 Å². The van der Waals surface area contributed by atoms with Gasteiger partial charge in [0.15, 0.2) is 0 Å². The number of likely N-dealkylation sites (tertiary alicyclic amines) is 1. The van der Waals surface area contributed by atoms with Gasteiger partial charge in [-0.3, -0.25) is 0 Å². The predicted octanol–water partition coefficient (Wildman–Crippen LogP) is 1.92. The van der Waals surface area contributed by atoms with Crippen LogP contribution in [-0.4, -0.2) is 50.3 Å². The van der Waals surface area contributed by atoms with E-state index in [9.17, 15) is 8.42 Å². The standard InChI is InChI=1S/C11H22BrNO2S/c1-16(14,15)9-3-8-13-7-2-4-11(10-13)5-6-12/h11H,2-10H2,1H3. The van der Waals surface area contributed by atoms with E-state index in [0.29, 0.717) is 5.75 Å². The highest BCUT2D eigenvalue weighted by Gasteiger charge is 2.19. The fourth-order valence-electron chi connectivity index (χ4n) is 2.29. The van der Waals surface area contributed by atoms with Gasteiger partial charge in [0.1, 0.15) is 9.84 Å². The number of hydrogen-bond donors (Lipinski definition) is 0. The number of alkyl halides is 1. The number of hydrogen-bond acceptors (Lipinski definition) is 3. The molecular formula is C11H22BrNO2S. The second-order valence-corrected chi connectivity index (χ2v) is 7.82. The normalized spacial score (nSPS) is 23.5. The maximum absolute atomic E-state index is 11.0. The Bertz CT molecular complexity index is 290. The number of nitrogens with zero attached hydrogens (tertiary/aromatic N) is 1. The predicted molar refractivity (Wildman–Crippen MR) is 71.9 cm³/mol. The smallest absolute Gasteiger partial charge is 0.147 e. The average Bonchev–Trinajstić information content (AvgIpc) is 2.17. The highest BCUT2D eigenvalue weighted by Crippen LogP contribution is 2.20. The Kier molecular flexibility index (Phi) is 6.29. The van der Waals surface area contributed by atoms with Gasteiger partial charge < -0.3 is 4.90 Å². The molecule has 5 heteroatoms. The van der Waals surface area contributed by atoms with Crippen molar-refractivity contribution in [3.63, 3.8) is 0 Å². The first-order valence-corrected chi connectivity index (χ1v) is 9.15. The minimum Gasteiger partial charge on any atom is -0.303 e. The zero-order valence-corrected chi connectivity index (χ0v) is 12.4. The molecule has 0 spiro atoms. The Labute approximate surface area is 108 Å². The number of piperidine rings is 1. The molecule has 0 bridgehead atoms. The molecule has 0 aromatic heterocycles. The van der Waals surface area contributed by atoms with Crippen LogP contribution in [0.5, 0.6) is 0 Å². The highest BCUT2D eigenvalue weighted by molar-refractivity contribution is 9.09. The summed E-state index contributed by atoms with van der Waals surface area (Å²) >= 11 is 3.49. The first-order valence-electron chi connectivity index (χ1n) is 5.97. The topological polar surface area (TPSA) is 37.4 Å². The van der Waals surface area contributed by atoms with E-state index in [2.05, 4.69) is 20.8 Å². The number of rotatable bonds is 6. The van der Waals surface area contributed by atoms with Gasteiger partial charge in [0, 0.05) is 18.1 Å². The largest absolute Gasteiger partial charge is 0.303 e. The van der Waals surface area contributed by atoms with E-state index in [1.54, 1.807) is 0 Å². The molecule has 1 rings (SSSR count). The minimum atomic E-state index is -2.78. The van der Waals surface area contributed by atoms with Gasteiger partial charge in [0.25, 0.3) is 0 Å². The van der Waals surface area contributed by atoms with Crippen LogP contribution in [-0.2, 0) is 9.84 Å². The molecule has 1 aliphatic heterocycles. The summed E-state index contributed by atoms with van der Waals surface area (Å²) in [4.78, 5) is 2.42. The van der Waals surface area contributed by atoms with Gasteiger partial charge >= 0.3 is 0 Å². The lowest BCUT2D eigenvalue weighted by atomic mass is 9.95. The lowest BCUT2D eigenvalue weighted by molar-refractivity contribution is 0.173. The molecule has 1 fully saturated rings. The van der Waals surface area contributed by atoms with Crippen LogP contribution in [0, 0.1) is 5.92 Å². The van der Waals surface area contributed by atoms with Crippen molar-refractivity contribution >= 4 is 25.8 Å². The summed E-state index contributed by atoms with van der Waals surface area (Å²) in [5.74, 6) is 1.12. The van der Waals surface area contributed by atoms with Gasteiger partial charge in [0.05, 0.1) is 5.75 Å². The quantitative estimate of drug-likeness (QED) is 0.703. The molecule has 0 radical (unpaired) electrons. The molecule has 96 valence electrons. The highest BCUT2D eigenvalue weighted by atomic mass is 79.9. The summed E-state index contributed by atoms with van der Waals surface area (Å²) in [7, 11) is -2.78. The van der Waals surface area contributed by atoms with E-state index in [-0.39, 0.29) is 0 Å². The van der Waals surface area contributed by atoms with Crippen LogP contribution in [0.3, 0.4) is 0 Å². The number of halogens is 1. The van der Waals surface area contributed by atoms with Crippen LogP contribution in [0.1, 0.15) is 25.7 Å². The molecule has 0 saturated carbocycles. The van der Waals surface area contributed by atoms with Crippen LogP contribution in [0.25, 0.3) is 0 Å². The third-order valence-corrected chi connectivity index (χ3v) is 4.60. The van der Waals surface area contributed by atoms with E-state index < -0.39 is 9.84 Å². The fourth-order valence-corrected chi connectivity index (χ4v) is 3.60. The molecule has 0 aromatic rings. The van der Waals surface area contributed by atoms with Crippen molar-refractivity contribution in [3.8, 4) is 0 Å². The molecule has 0 aromatic carbocycles. The molecule has 1 unspecified atom stereocenters. The average molecular weight is 312 g/mol. The zero-order chi connectivity index (χ0) is 12.0. The van der Waals surface area contributed by atoms with Gasteiger partial charge in [-0.2, -0.15) is 0 Å². The maximum atomic E-state index is 11.0. The third-order valence-electron chi connectivity index (χ3n) is 3.11. The van der Waals surface area contributed by atoms with Crippen molar-refractivity contribution in [2.75, 3.05) is 37.0 Å². The molecule has 0 aliphatic carbocycles. The maximum Gasteiger partial charge on any atom is 0.147 e. The van der Waals surface area contributed by atoms with E-state index in [1.165, 1.54) is 25.5 Å². The van der Waals surface area contributed by atoms with E-state index in [1.807, 2.05) is 0 Å².